The number of pyridine rings is 1. The van der Waals surface area contributed by atoms with Crippen molar-refractivity contribution in [3.8, 4) is 5.75 Å². The number of aromatic nitrogens is 1. The third-order valence-corrected chi connectivity index (χ3v) is 7.36. The van der Waals surface area contributed by atoms with Crippen molar-refractivity contribution in [1.29, 1.82) is 0 Å². The lowest BCUT2D eigenvalue weighted by atomic mass is 9.79. The summed E-state index contributed by atoms with van der Waals surface area (Å²) in [7, 11) is 0. The monoisotopic (exact) mass is 528 g/mol. The molecule has 1 aliphatic heterocycles. The molecule has 0 bridgehead atoms. The zero-order valence-corrected chi connectivity index (χ0v) is 24.5. The molecular formula is C33H44N4O2. The number of rotatable bonds is 7. The van der Waals surface area contributed by atoms with Gasteiger partial charge in [0.25, 0.3) is 0 Å². The Morgan fingerprint density at radius 1 is 0.821 bits per heavy atom. The van der Waals surface area contributed by atoms with Gasteiger partial charge in [0, 0.05) is 50.8 Å². The average Bonchev–Trinajstić information content (AvgIpc) is 2.91. The summed E-state index contributed by atoms with van der Waals surface area (Å²) in [4.78, 5) is 21.2. The second kappa shape index (κ2) is 12.2. The number of anilines is 1. The highest BCUT2D eigenvalue weighted by Crippen LogP contribution is 2.31. The quantitative estimate of drug-likeness (QED) is 0.373. The molecule has 6 nitrogen and oxygen atoms in total. The van der Waals surface area contributed by atoms with Gasteiger partial charge in [0.05, 0.1) is 0 Å². The molecule has 3 aromatic rings. The third kappa shape index (κ3) is 8.30. The van der Waals surface area contributed by atoms with Crippen LogP contribution in [0.5, 0.6) is 5.75 Å². The van der Waals surface area contributed by atoms with Crippen LogP contribution in [0.3, 0.4) is 0 Å². The number of amides is 2. The Morgan fingerprint density at radius 2 is 1.41 bits per heavy atom. The number of urea groups is 1. The average molecular weight is 529 g/mol. The molecule has 0 unspecified atom stereocenters. The van der Waals surface area contributed by atoms with Gasteiger partial charge in [0.1, 0.15) is 12.4 Å². The number of carbonyl (C=O) groups is 1. The summed E-state index contributed by atoms with van der Waals surface area (Å²) in [5, 5.41) is 3.04. The SMILES string of the molecule is CC(C)(C)c1cc(COc2ccc(NC(=O)N3CCN(CCc4ccncc4)CC3)cc2)cc(C(C)(C)C)c1. The van der Waals surface area contributed by atoms with E-state index in [1.165, 1.54) is 22.3 Å². The molecule has 1 aliphatic rings. The first-order chi connectivity index (χ1) is 18.5. The molecule has 1 N–H and O–H groups in total. The fourth-order valence-corrected chi connectivity index (χ4v) is 4.66. The van der Waals surface area contributed by atoms with Crippen molar-refractivity contribution < 1.29 is 9.53 Å². The number of ether oxygens (including phenoxy) is 1. The Balaban J connectivity index is 1.26. The lowest BCUT2D eigenvalue weighted by molar-refractivity contribution is 0.148. The van der Waals surface area contributed by atoms with Crippen LogP contribution < -0.4 is 10.1 Å². The fraction of sp³-hybridized carbons (Fsp3) is 0.455. The summed E-state index contributed by atoms with van der Waals surface area (Å²) in [6.45, 7) is 18.2. The van der Waals surface area contributed by atoms with Crippen LogP contribution in [0.1, 0.15) is 63.8 Å². The van der Waals surface area contributed by atoms with E-state index in [0.29, 0.717) is 6.61 Å². The van der Waals surface area contributed by atoms with Crippen LogP contribution in [0, 0.1) is 0 Å². The van der Waals surface area contributed by atoms with E-state index in [1.54, 1.807) is 0 Å². The van der Waals surface area contributed by atoms with Crippen LogP contribution in [-0.4, -0.2) is 53.5 Å². The van der Waals surface area contributed by atoms with Crippen molar-refractivity contribution >= 4 is 11.7 Å². The van der Waals surface area contributed by atoms with Crippen LogP contribution in [0.25, 0.3) is 0 Å². The third-order valence-electron chi connectivity index (χ3n) is 7.36. The fourth-order valence-electron chi connectivity index (χ4n) is 4.66. The van der Waals surface area contributed by atoms with E-state index in [1.807, 2.05) is 41.6 Å². The highest BCUT2D eigenvalue weighted by molar-refractivity contribution is 5.89. The minimum Gasteiger partial charge on any atom is -0.489 e. The molecule has 0 aliphatic carbocycles. The van der Waals surface area contributed by atoms with E-state index in [-0.39, 0.29) is 16.9 Å². The zero-order valence-electron chi connectivity index (χ0n) is 24.5. The summed E-state index contributed by atoms with van der Waals surface area (Å²) in [5.74, 6) is 0.786. The molecule has 39 heavy (non-hydrogen) atoms. The molecule has 2 aromatic carbocycles. The van der Waals surface area contributed by atoms with Gasteiger partial charge in [-0.25, -0.2) is 4.79 Å². The normalized spacial score (nSPS) is 14.8. The lowest BCUT2D eigenvalue weighted by Gasteiger charge is -2.34. The number of piperazine rings is 1. The largest absolute Gasteiger partial charge is 0.489 e. The maximum Gasteiger partial charge on any atom is 0.321 e. The second-order valence-corrected chi connectivity index (χ2v) is 12.6. The van der Waals surface area contributed by atoms with E-state index < -0.39 is 0 Å². The van der Waals surface area contributed by atoms with Gasteiger partial charge >= 0.3 is 6.03 Å². The molecule has 1 aromatic heterocycles. The standard InChI is InChI=1S/C33H44N4O2/c1-32(2,3)27-21-26(22-28(23-27)33(4,5)6)24-39-30-9-7-29(8-10-30)35-31(38)37-19-17-36(18-20-37)16-13-25-11-14-34-15-12-25/h7-12,14-15,21-23H,13,16-20,24H2,1-6H3,(H,35,38). The van der Waals surface area contributed by atoms with Gasteiger partial charge in [-0.05, 0) is 75.9 Å². The summed E-state index contributed by atoms with van der Waals surface area (Å²) < 4.78 is 6.14. The van der Waals surface area contributed by atoms with Crippen LogP contribution in [-0.2, 0) is 23.9 Å². The molecule has 1 fully saturated rings. The number of hydrogen-bond acceptors (Lipinski definition) is 4. The summed E-state index contributed by atoms with van der Waals surface area (Å²) >= 11 is 0. The molecule has 2 amide bonds. The molecular weight excluding hydrogens is 484 g/mol. The van der Waals surface area contributed by atoms with E-state index >= 15 is 0 Å². The van der Waals surface area contributed by atoms with Gasteiger partial charge < -0.3 is 15.0 Å². The van der Waals surface area contributed by atoms with E-state index in [4.69, 9.17) is 4.74 Å². The second-order valence-electron chi connectivity index (χ2n) is 12.6. The van der Waals surface area contributed by atoms with Crippen LogP contribution >= 0.6 is 0 Å². The smallest absolute Gasteiger partial charge is 0.321 e. The molecule has 0 saturated carbocycles. The van der Waals surface area contributed by atoms with E-state index in [0.717, 1.165) is 50.6 Å². The Hall–Kier alpha value is -3.38. The first-order valence-corrected chi connectivity index (χ1v) is 14.0. The van der Waals surface area contributed by atoms with Gasteiger partial charge in [-0.15, -0.1) is 0 Å². The molecule has 0 radical (unpaired) electrons. The summed E-state index contributed by atoms with van der Waals surface area (Å²) in [6.07, 6.45) is 4.68. The van der Waals surface area contributed by atoms with E-state index in [2.05, 4.69) is 87.1 Å². The van der Waals surface area contributed by atoms with Crippen molar-refractivity contribution in [3.05, 3.63) is 89.2 Å². The minimum atomic E-state index is -0.0499. The number of benzene rings is 2. The topological polar surface area (TPSA) is 57.7 Å². The van der Waals surface area contributed by atoms with Crippen molar-refractivity contribution in [2.75, 3.05) is 38.0 Å². The van der Waals surface area contributed by atoms with Crippen molar-refractivity contribution in [2.45, 2.75) is 65.4 Å². The number of nitrogens with zero attached hydrogens (tertiary/aromatic N) is 3. The van der Waals surface area contributed by atoms with Gasteiger partial charge in [0.15, 0.2) is 0 Å². The van der Waals surface area contributed by atoms with Crippen molar-refractivity contribution in [1.82, 2.24) is 14.8 Å². The Labute approximate surface area is 234 Å². The molecule has 0 spiro atoms. The molecule has 208 valence electrons. The lowest BCUT2D eigenvalue weighted by Crippen LogP contribution is -2.50. The summed E-state index contributed by atoms with van der Waals surface area (Å²) in [6, 6.07) is 18.6. The molecule has 2 heterocycles. The minimum absolute atomic E-state index is 0.0499. The Morgan fingerprint density at radius 3 is 1.97 bits per heavy atom. The molecule has 0 atom stereocenters. The molecule has 1 saturated heterocycles. The van der Waals surface area contributed by atoms with Gasteiger partial charge in [-0.1, -0.05) is 59.7 Å². The summed E-state index contributed by atoms with van der Waals surface area (Å²) in [5.41, 5.74) is 6.03. The van der Waals surface area contributed by atoms with Gasteiger partial charge in [-0.3, -0.25) is 9.88 Å². The van der Waals surface area contributed by atoms with Crippen LogP contribution in [0.4, 0.5) is 10.5 Å². The molecule has 6 heteroatoms. The number of nitrogens with one attached hydrogen (secondary N) is 1. The zero-order chi connectivity index (χ0) is 28.0. The van der Waals surface area contributed by atoms with Crippen LogP contribution in [0.15, 0.2) is 67.0 Å². The number of hydrogen-bond donors (Lipinski definition) is 1. The predicted octanol–water partition coefficient (Wildman–Crippen LogP) is 6.65. The number of carbonyl (C=O) groups excluding carboxylic acids is 1. The van der Waals surface area contributed by atoms with Crippen molar-refractivity contribution in [3.63, 3.8) is 0 Å². The van der Waals surface area contributed by atoms with E-state index in [9.17, 15) is 4.79 Å². The maximum atomic E-state index is 12.8. The Bertz CT molecular complexity index is 1190. The van der Waals surface area contributed by atoms with Gasteiger partial charge in [0.2, 0.25) is 0 Å². The first kappa shape index (κ1) is 28.6. The first-order valence-electron chi connectivity index (χ1n) is 14.0. The maximum absolute atomic E-state index is 12.8. The molecule has 4 rings (SSSR count). The highest BCUT2D eigenvalue weighted by Gasteiger charge is 2.22. The highest BCUT2D eigenvalue weighted by atomic mass is 16.5. The van der Waals surface area contributed by atoms with Crippen molar-refractivity contribution in [2.24, 2.45) is 0 Å². The van der Waals surface area contributed by atoms with Gasteiger partial charge in [-0.2, -0.15) is 0 Å². The Kier molecular flexibility index (Phi) is 8.96. The van der Waals surface area contributed by atoms with Crippen LogP contribution in [0.2, 0.25) is 0 Å². The predicted molar refractivity (Wildman–Crippen MR) is 160 cm³/mol.